The molecule has 0 radical (unpaired) electrons. The molecular weight excluding hydrogens is 458 g/mol. The van der Waals surface area contributed by atoms with Crippen LogP contribution in [0.15, 0.2) is 82.8 Å². The molecule has 0 saturated carbocycles. The minimum absolute atomic E-state index is 0.0427. The molecule has 5 nitrogen and oxygen atoms in total. The minimum Gasteiger partial charge on any atom is -0.507 e. The van der Waals surface area contributed by atoms with Gasteiger partial charge in [-0.15, -0.1) is 0 Å². The third kappa shape index (κ3) is 3.75. The lowest BCUT2D eigenvalue weighted by atomic mass is 9.95. The van der Waals surface area contributed by atoms with Gasteiger partial charge in [0.05, 0.1) is 18.7 Å². The molecule has 3 aromatic rings. The van der Waals surface area contributed by atoms with Gasteiger partial charge < -0.3 is 9.84 Å². The van der Waals surface area contributed by atoms with Crippen LogP contribution in [0.4, 0.5) is 5.69 Å². The molecule has 1 amide bonds. The Hall–Kier alpha value is -3.38. The molecule has 1 heterocycles. The first-order valence-corrected chi connectivity index (χ1v) is 10.5. The highest BCUT2D eigenvalue weighted by Gasteiger charge is 2.47. The number of aryl methyl sites for hydroxylation is 1. The summed E-state index contributed by atoms with van der Waals surface area (Å²) in [6.45, 7) is 1.94. The molecule has 1 fully saturated rings. The average Bonchev–Trinajstić information content (AvgIpc) is 3.06. The predicted molar refractivity (Wildman–Crippen MR) is 123 cm³/mol. The van der Waals surface area contributed by atoms with Crippen molar-refractivity contribution in [3.8, 4) is 5.75 Å². The number of hydrogen-bond acceptors (Lipinski definition) is 4. The first kappa shape index (κ1) is 20.9. The number of carbonyl (C=O) groups excluding carboxylic acids is 2. The number of aliphatic hydroxyl groups is 1. The van der Waals surface area contributed by atoms with Crippen molar-refractivity contribution in [3.05, 3.63) is 99.5 Å². The van der Waals surface area contributed by atoms with Crippen LogP contribution in [0.3, 0.4) is 0 Å². The molecule has 0 aromatic heterocycles. The van der Waals surface area contributed by atoms with Crippen LogP contribution in [0.1, 0.15) is 22.7 Å². The number of nitrogens with zero attached hydrogens (tertiary/aromatic N) is 1. The smallest absolute Gasteiger partial charge is 0.300 e. The zero-order valence-corrected chi connectivity index (χ0v) is 18.6. The molecule has 31 heavy (non-hydrogen) atoms. The number of ether oxygens (including phenoxy) is 1. The fourth-order valence-corrected chi connectivity index (χ4v) is 4.08. The van der Waals surface area contributed by atoms with E-state index in [1.807, 2.05) is 25.1 Å². The van der Waals surface area contributed by atoms with Crippen LogP contribution in [0, 0.1) is 6.92 Å². The van der Waals surface area contributed by atoms with Gasteiger partial charge in [0, 0.05) is 15.7 Å². The first-order chi connectivity index (χ1) is 14.9. The fraction of sp³-hybridized carbons (Fsp3) is 0.120. The van der Waals surface area contributed by atoms with E-state index in [0.29, 0.717) is 22.6 Å². The number of carbonyl (C=O) groups is 2. The van der Waals surface area contributed by atoms with E-state index in [0.717, 1.165) is 10.0 Å². The minimum atomic E-state index is -0.801. The number of benzene rings is 3. The van der Waals surface area contributed by atoms with Crippen molar-refractivity contribution in [1.82, 2.24) is 0 Å². The predicted octanol–water partition coefficient (Wildman–Crippen LogP) is 5.39. The van der Waals surface area contributed by atoms with Gasteiger partial charge in [-0.1, -0.05) is 64.5 Å². The van der Waals surface area contributed by atoms with Crippen LogP contribution in [0.5, 0.6) is 5.75 Å². The topological polar surface area (TPSA) is 66.8 Å². The summed E-state index contributed by atoms with van der Waals surface area (Å²) in [5.41, 5.74) is 2.73. The molecule has 156 valence electrons. The van der Waals surface area contributed by atoms with Gasteiger partial charge in [0.25, 0.3) is 11.7 Å². The molecular formula is C25H20BrNO4. The maximum absolute atomic E-state index is 13.2. The summed E-state index contributed by atoms with van der Waals surface area (Å²) in [5, 5.41) is 11.1. The van der Waals surface area contributed by atoms with E-state index in [4.69, 9.17) is 4.74 Å². The Kier molecular flexibility index (Phi) is 5.65. The third-order valence-electron chi connectivity index (χ3n) is 5.33. The molecule has 1 atom stereocenters. The lowest BCUT2D eigenvalue weighted by molar-refractivity contribution is -0.132. The van der Waals surface area contributed by atoms with Gasteiger partial charge >= 0.3 is 0 Å². The Morgan fingerprint density at radius 1 is 1.00 bits per heavy atom. The van der Waals surface area contributed by atoms with Crippen molar-refractivity contribution in [2.24, 2.45) is 0 Å². The third-order valence-corrected chi connectivity index (χ3v) is 6.19. The summed E-state index contributed by atoms with van der Waals surface area (Å²) in [6.07, 6.45) is 0. The summed E-state index contributed by atoms with van der Waals surface area (Å²) in [4.78, 5) is 27.7. The highest BCUT2D eigenvalue weighted by molar-refractivity contribution is 9.10. The van der Waals surface area contributed by atoms with Gasteiger partial charge in [-0.05, 0) is 42.3 Å². The molecule has 0 unspecified atom stereocenters. The molecule has 1 aliphatic rings. The van der Waals surface area contributed by atoms with E-state index in [9.17, 15) is 14.7 Å². The number of ketones is 1. The summed E-state index contributed by atoms with van der Waals surface area (Å²) in [5.74, 6) is -1.04. The summed E-state index contributed by atoms with van der Waals surface area (Å²) in [6, 6.07) is 20.6. The molecule has 1 aliphatic heterocycles. The second-order valence-electron chi connectivity index (χ2n) is 7.25. The van der Waals surface area contributed by atoms with E-state index in [1.165, 1.54) is 4.90 Å². The Morgan fingerprint density at radius 3 is 2.42 bits per heavy atom. The molecule has 1 N–H and O–H groups in total. The Balaban J connectivity index is 1.97. The van der Waals surface area contributed by atoms with Crippen molar-refractivity contribution in [2.45, 2.75) is 13.0 Å². The van der Waals surface area contributed by atoms with Crippen LogP contribution < -0.4 is 9.64 Å². The lowest BCUT2D eigenvalue weighted by Crippen LogP contribution is -2.29. The molecule has 0 spiro atoms. The number of anilines is 1. The number of methoxy groups -OCH3 is 1. The maximum atomic E-state index is 13.2. The largest absolute Gasteiger partial charge is 0.507 e. The second-order valence-corrected chi connectivity index (χ2v) is 8.10. The molecule has 1 saturated heterocycles. The molecule has 0 bridgehead atoms. The molecule has 4 rings (SSSR count). The van der Waals surface area contributed by atoms with Gasteiger partial charge in [0.15, 0.2) is 0 Å². The standard InChI is InChI=1S/C25H20BrNO4/c1-15-11-12-18(14-20(15)26)27-22(17-9-6-10-19(13-17)31-2)21(24(29)25(27)30)23(28)16-7-4-3-5-8-16/h3-14,22,28H,1-2H3/t22-/m0/s1. The molecule has 3 aromatic carbocycles. The van der Waals surface area contributed by atoms with E-state index in [2.05, 4.69) is 15.9 Å². The zero-order valence-electron chi connectivity index (χ0n) is 17.0. The number of halogens is 1. The average molecular weight is 478 g/mol. The van der Waals surface area contributed by atoms with Crippen molar-refractivity contribution in [1.29, 1.82) is 0 Å². The number of Topliss-reactive ketones (excluding diaryl/α,β-unsaturated/α-hetero) is 1. The monoisotopic (exact) mass is 477 g/mol. The Morgan fingerprint density at radius 2 is 1.74 bits per heavy atom. The number of amides is 1. The number of hydrogen-bond donors (Lipinski definition) is 1. The van der Waals surface area contributed by atoms with Gasteiger partial charge in [0.2, 0.25) is 0 Å². The quantitative estimate of drug-likeness (QED) is 0.310. The summed E-state index contributed by atoms with van der Waals surface area (Å²) in [7, 11) is 1.55. The van der Waals surface area contributed by atoms with Crippen molar-refractivity contribution in [2.75, 3.05) is 12.0 Å². The van der Waals surface area contributed by atoms with Gasteiger partial charge in [0.1, 0.15) is 11.5 Å². The second kappa shape index (κ2) is 8.40. The Labute approximate surface area is 188 Å². The van der Waals surface area contributed by atoms with E-state index in [-0.39, 0.29) is 11.3 Å². The van der Waals surface area contributed by atoms with Crippen molar-refractivity contribution < 1.29 is 19.4 Å². The van der Waals surface area contributed by atoms with Gasteiger partial charge in [-0.2, -0.15) is 0 Å². The molecule has 6 heteroatoms. The van der Waals surface area contributed by atoms with Crippen LogP contribution in [-0.2, 0) is 9.59 Å². The normalized spacial score (nSPS) is 17.8. The highest BCUT2D eigenvalue weighted by atomic mass is 79.9. The zero-order chi connectivity index (χ0) is 22.1. The molecule has 0 aliphatic carbocycles. The van der Waals surface area contributed by atoms with Crippen molar-refractivity contribution in [3.63, 3.8) is 0 Å². The first-order valence-electron chi connectivity index (χ1n) is 9.69. The summed E-state index contributed by atoms with van der Waals surface area (Å²) < 4.78 is 6.17. The SMILES string of the molecule is COc1cccc([C@H]2C(=C(O)c3ccccc3)C(=O)C(=O)N2c2ccc(C)c(Br)c2)c1. The van der Waals surface area contributed by atoms with Crippen LogP contribution in [0.25, 0.3) is 5.76 Å². The van der Waals surface area contributed by atoms with Crippen LogP contribution >= 0.6 is 15.9 Å². The fourth-order valence-electron chi connectivity index (χ4n) is 3.71. The maximum Gasteiger partial charge on any atom is 0.300 e. The lowest BCUT2D eigenvalue weighted by Gasteiger charge is -2.26. The van der Waals surface area contributed by atoms with Crippen LogP contribution in [-0.4, -0.2) is 23.9 Å². The van der Waals surface area contributed by atoms with Crippen LogP contribution in [0.2, 0.25) is 0 Å². The summed E-state index contributed by atoms with van der Waals surface area (Å²) >= 11 is 3.50. The van der Waals surface area contributed by atoms with Crippen molar-refractivity contribution >= 4 is 39.1 Å². The Bertz CT molecular complexity index is 1200. The number of rotatable bonds is 4. The van der Waals surface area contributed by atoms with Gasteiger partial charge in [-0.25, -0.2) is 0 Å². The van der Waals surface area contributed by atoms with E-state index >= 15 is 0 Å². The van der Waals surface area contributed by atoms with E-state index in [1.54, 1.807) is 61.7 Å². The van der Waals surface area contributed by atoms with Gasteiger partial charge in [-0.3, -0.25) is 14.5 Å². The number of aliphatic hydroxyl groups excluding tert-OH is 1. The van der Waals surface area contributed by atoms with E-state index < -0.39 is 17.7 Å². The highest BCUT2D eigenvalue weighted by Crippen LogP contribution is 2.43.